The minimum Gasteiger partial charge on any atom is -0.457 e. The molecule has 8 heteroatoms. The quantitative estimate of drug-likeness (QED) is 0.494. The molecule has 8 nitrogen and oxygen atoms in total. The van der Waals surface area contributed by atoms with E-state index in [0.717, 1.165) is 60.0 Å². The van der Waals surface area contributed by atoms with Crippen LogP contribution < -0.4 is 10.5 Å². The van der Waals surface area contributed by atoms with Gasteiger partial charge in [-0.25, -0.2) is 14.6 Å². The molecule has 0 radical (unpaired) electrons. The van der Waals surface area contributed by atoms with Crippen LogP contribution in [0.1, 0.15) is 6.04 Å². The molecule has 3 heterocycles. The normalized spacial score (nSPS) is 14.6. The van der Waals surface area contributed by atoms with E-state index in [0.29, 0.717) is 5.82 Å². The first-order valence-electron chi connectivity index (χ1n) is 10.3. The molecule has 0 saturated carbocycles. The van der Waals surface area contributed by atoms with Gasteiger partial charge < -0.3 is 15.2 Å². The third-order valence-corrected chi connectivity index (χ3v) is 5.52. The molecule has 2 N–H and O–H groups in total. The van der Waals surface area contributed by atoms with Crippen LogP contribution in [-0.2, 0) is 4.74 Å². The number of nitrogen functional groups attached to an aromatic ring is 1. The van der Waals surface area contributed by atoms with Crippen molar-refractivity contribution in [2.45, 2.75) is 6.04 Å². The van der Waals surface area contributed by atoms with Crippen LogP contribution in [0.25, 0.3) is 22.3 Å². The Bertz CT molecular complexity index is 1170. The number of methoxy groups -OCH3 is 1. The highest BCUT2D eigenvalue weighted by atomic mass is 16.5. The highest BCUT2D eigenvalue weighted by Crippen LogP contribution is 2.34. The number of nitrogens with zero attached hydrogens (tertiary/aromatic N) is 5. The number of rotatable bonds is 7. The number of fused-ring (bicyclic) bond motifs is 1. The first-order valence-corrected chi connectivity index (χ1v) is 10.3. The third-order valence-electron chi connectivity index (χ3n) is 5.52. The van der Waals surface area contributed by atoms with Crippen molar-refractivity contribution in [3.8, 4) is 22.8 Å². The number of para-hydroxylation sites is 1. The largest absolute Gasteiger partial charge is 0.457 e. The number of likely N-dealkylation sites (tertiary alicyclic amines) is 1. The van der Waals surface area contributed by atoms with Crippen molar-refractivity contribution in [1.29, 1.82) is 0 Å². The maximum absolute atomic E-state index is 6.24. The Morgan fingerprint density at radius 3 is 2.48 bits per heavy atom. The lowest BCUT2D eigenvalue weighted by Crippen LogP contribution is -2.49. The lowest BCUT2D eigenvalue weighted by Gasteiger charge is -2.39. The van der Waals surface area contributed by atoms with Crippen LogP contribution in [0.15, 0.2) is 60.9 Å². The molecule has 0 aliphatic carbocycles. The standard InChI is InChI=1S/C23H24N6O2/c1-30-12-11-28-13-17(14-28)29-23-20(22(24)25-15-26-23)21(27-29)16-7-9-19(10-8-16)31-18-5-3-2-4-6-18/h2-10,15,17H,11-14H2,1H3,(H2,24,25,26). The Morgan fingerprint density at radius 2 is 1.74 bits per heavy atom. The Kier molecular flexibility index (Phi) is 5.23. The Balaban J connectivity index is 1.43. The Labute approximate surface area is 180 Å². The molecule has 1 aliphatic heterocycles. The van der Waals surface area contributed by atoms with Crippen LogP contribution in [0.3, 0.4) is 0 Å². The first-order chi connectivity index (χ1) is 15.2. The molecule has 0 bridgehead atoms. The SMILES string of the molecule is COCCN1CC(n2nc(-c3ccc(Oc4ccccc4)cc3)c3c(N)ncnc32)C1. The van der Waals surface area contributed by atoms with E-state index in [1.54, 1.807) is 7.11 Å². The smallest absolute Gasteiger partial charge is 0.164 e. The summed E-state index contributed by atoms with van der Waals surface area (Å²) < 4.78 is 13.1. The van der Waals surface area contributed by atoms with Gasteiger partial charge in [-0.1, -0.05) is 18.2 Å². The van der Waals surface area contributed by atoms with E-state index in [2.05, 4.69) is 14.9 Å². The summed E-state index contributed by atoms with van der Waals surface area (Å²) in [6, 6.07) is 17.8. The molecule has 0 unspecified atom stereocenters. The second kappa shape index (κ2) is 8.33. The van der Waals surface area contributed by atoms with Crippen LogP contribution in [0.2, 0.25) is 0 Å². The molecule has 31 heavy (non-hydrogen) atoms. The summed E-state index contributed by atoms with van der Waals surface area (Å²) in [6.07, 6.45) is 1.50. The van der Waals surface area contributed by atoms with Crippen molar-refractivity contribution >= 4 is 16.9 Å². The number of aromatic nitrogens is 4. The number of hydrogen-bond acceptors (Lipinski definition) is 7. The van der Waals surface area contributed by atoms with Gasteiger partial charge >= 0.3 is 0 Å². The van der Waals surface area contributed by atoms with Gasteiger partial charge in [0.1, 0.15) is 29.3 Å². The van der Waals surface area contributed by atoms with Crippen molar-refractivity contribution in [1.82, 2.24) is 24.6 Å². The van der Waals surface area contributed by atoms with Crippen LogP contribution in [0.5, 0.6) is 11.5 Å². The summed E-state index contributed by atoms with van der Waals surface area (Å²) in [7, 11) is 1.72. The van der Waals surface area contributed by atoms with Crippen molar-refractivity contribution in [3.63, 3.8) is 0 Å². The molecule has 1 aliphatic rings. The van der Waals surface area contributed by atoms with Crippen molar-refractivity contribution in [3.05, 3.63) is 60.9 Å². The number of nitrogens with two attached hydrogens (primary N) is 1. The predicted molar refractivity (Wildman–Crippen MR) is 119 cm³/mol. The Hall–Kier alpha value is -3.49. The highest BCUT2D eigenvalue weighted by molar-refractivity contribution is 5.98. The van der Waals surface area contributed by atoms with Gasteiger partial charge in [0.15, 0.2) is 5.65 Å². The average Bonchev–Trinajstić information content (AvgIpc) is 3.15. The average molecular weight is 416 g/mol. The van der Waals surface area contributed by atoms with E-state index in [4.69, 9.17) is 20.3 Å². The van der Waals surface area contributed by atoms with E-state index in [-0.39, 0.29) is 6.04 Å². The number of hydrogen-bond donors (Lipinski definition) is 1. The van der Waals surface area contributed by atoms with E-state index in [1.807, 2.05) is 59.3 Å². The summed E-state index contributed by atoms with van der Waals surface area (Å²) in [5.41, 5.74) is 8.74. The summed E-state index contributed by atoms with van der Waals surface area (Å²) >= 11 is 0. The maximum atomic E-state index is 6.24. The van der Waals surface area contributed by atoms with E-state index >= 15 is 0 Å². The van der Waals surface area contributed by atoms with Crippen LogP contribution in [0.4, 0.5) is 5.82 Å². The fraction of sp³-hybridized carbons (Fsp3) is 0.261. The van der Waals surface area contributed by atoms with Crippen molar-refractivity contribution in [2.75, 3.05) is 39.1 Å². The number of ether oxygens (including phenoxy) is 2. The highest BCUT2D eigenvalue weighted by Gasteiger charge is 2.31. The molecular formula is C23H24N6O2. The second-order valence-corrected chi connectivity index (χ2v) is 7.60. The van der Waals surface area contributed by atoms with Gasteiger partial charge in [-0.2, -0.15) is 5.10 Å². The lowest BCUT2D eigenvalue weighted by molar-refractivity contribution is 0.0662. The zero-order valence-corrected chi connectivity index (χ0v) is 17.3. The topological polar surface area (TPSA) is 91.3 Å². The fourth-order valence-corrected chi connectivity index (χ4v) is 3.86. The third kappa shape index (κ3) is 3.83. The summed E-state index contributed by atoms with van der Waals surface area (Å²) in [5.74, 6) is 1.99. The van der Waals surface area contributed by atoms with Crippen LogP contribution in [-0.4, -0.2) is 58.0 Å². The molecule has 158 valence electrons. The maximum Gasteiger partial charge on any atom is 0.164 e. The molecule has 5 rings (SSSR count). The molecule has 4 aromatic rings. The van der Waals surface area contributed by atoms with Crippen LogP contribution in [0, 0.1) is 0 Å². The molecular weight excluding hydrogens is 392 g/mol. The lowest BCUT2D eigenvalue weighted by atomic mass is 10.1. The number of benzene rings is 2. The molecule has 0 spiro atoms. The summed E-state index contributed by atoms with van der Waals surface area (Å²) in [5, 5.41) is 5.69. The van der Waals surface area contributed by atoms with Gasteiger partial charge in [0.25, 0.3) is 0 Å². The van der Waals surface area contributed by atoms with Gasteiger partial charge in [0.05, 0.1) is 18.0 Å². The monoisotopic (exact) mass is 416 g/mol. The van der Waals surface area contributed by atoms with Gasteiger partial charge in [0, 0.05) is 32.3 Å². The molecule has 0 atom stereocenters. The first kappa shape index (κ1) is 19.5. The minimum absolute atomic E-state index is 0.253. The molecule has 0 amide bonds. The molecule has 2 aromatic carbocycles. The molecule has 1 saturated heterocycles. The van der Waals surface area contributed by atoms with Crippen LogP contribution >= 0.6 is 0 Å². The Morgan fingerprint density at radius 1 is 1.00 bits per heavy atom. The second-order valence-electron chi connectivity index (χ2n) is 7.60. The summed E-state index contributed by atoms with van der Waals surface area (Å²) in [6.45, 7) is 3.46. The number of anilines is 1. The van der Waals surface area contributed by atoms with Crippen molar-refractivity contribution < 1.29 is 9.47 Å². The summed E-state index contributed by atoms with van der Waals surface area (Å²) in [4.78, 5) is 11.0. The van der Waals surface area contributed by atoms with Gasteiger partial charge in [-0.3, -0.25) is 4.90 Å². The van der Waals surface area contributed by atoms with E-state index in [9.17, 15) is 0 Å². The van der Waals surface area contributed by atoms with Gasteiger partial charge in [-0.15, -0.1) is 0 Å². The van der Waals surface area contributed by atoms with E-state index in [1.165, 1.54) is 6.33 Å². The molecule has 2 aromatic heterocycles. The van der Waals surface area contributed by atoms with Gasteiger partial charge in [-0.05, 0) is 36.4 Å². The zero-order valence-electron chi connectivity index (χ0n) is 17.3. The van der Waals surface area contributed by atoms with Gasteiger partial charge in [0.2, 0.25) is 0 Å². The minimum atomic E-state index is 0.253. The zero-order chi connectivity index (χ0) is 21.2. The van der Waals surface area contributed by atoms with E-state index < -0.39 is 0 Å². The molecule has 1 fully saturated rings. The predicted octanol–water partition coefficient (Wildman–Crippen LogP) is 3.37. The fourth-order valence-electron chi connectivity index (χ4n) is 3.86. The van der Waals surface area contributed by atoms with Crippen molar-refractivity contribution in [2.24, 2.45) is 0 Å².